The number of benzene rings is 1. The van der Waals surface area contributed by atoms with E-state index in [2.05, 4.69) is 0 Å². The molecule has 1 aliphatic heterocycles. The molecular formula is C11H11F2NO4S. The first kappa shape index (κ1) is 13.9. The molecule has 1 amide bonds. The quantitative estimate of drug-likeness (QED) is 0.833. The van der Waals surface area contributed by atoms with Crippen molar-refractivity contribution in [1.29, 1.82) is 0 Å². The number of hydrogen-bond donors (Lipinski definition) is 1. The highest BCUT2D eigenvalue weighted by Gasteiger charge is 2.39. The number of aliphatic hydroxyl groups excluding tert-OH is 1. The van der Waals surface area contributed by atoms with Crippen LogP contribution in [0.25, 0.3) is 0 Å². The first-order valence-electron chi connectivity index (χ1n) is 5.46. The SMILES string of the molecule is O=C1CC(S(=O)(=O)F)CN1c1ccc(F)cc1CO. The van der Waals surface area contributed by atoms with Crippen molar-refractivity contribution in [3.05, 3.63) is 29.6 Å². The summed E-state index contributed by atoms with van der Waals surface area (Å²) in [6, 6.07) is 3.38. The van der Waals surface area contributed by atoms with Gasteiger partial charge in [0.1, 0.15) is 11.1 Å². The summed E-state index contributed by atoms with van der Waals surface area (Å²) in [5.74, 6) is -1.17. The number of hydrogen-bond acceptors (Lipinski definition) is 4. The Labute approximate surface area is 108 Å². The van der Waals surface area contributed by atoms with Crippen LogP contribution >= 0.6 is 0 Å². The van der Waals surface area contributed by atoms with Gasteiger partial charge in [-0.2, -0.15) is 8.42 Å². The van der Waals surface area contributed by atoms with Crippen LogP contribution in [0.15, 0.2) is 18.2 Å². The number of carbonyl (C=O) groups excluding carboxylic acids is 1. The topological polar surface area (TPSA) is 74.7 Å². The Bertz CT molecular complexity index is 617. The molecule has 1 unspecified atom stereocenters. The summed E-state index contributed by atoms with van der Waals surface area (Å²) in [5, 5.41) is 7.70. The lowest BCUT2D eigenvalue weighted by atomic mass is 10.1. The molecule has 5 nitrogen and oxygen atoms in total. The van der Waals surface area contributed by atoms with E-state index in [9.17, 15) is 21.5 Å². The molecule has 0 radical (unpaired) electrons. The van der Waals surface area contributed by atoms with Crippen LogP contribution in [0.5, 0.6) is 0 Å². The molecular weight excluding hydrogens is 280 g/mol. The Morgan fingerprint density at radius 1 is 1.42 bits per heavy atom. The Kier molecular flexibility index (Phi) is 3.55. The molecule has 1 aromatic carbocycles. The summed E-state index contributed by atoms with van der Waals surface area (Å²) in [6.45, 7) is -0.847. The molecule has 104 valence electrons. The maximum absolute atomic E-state index is 13.0. The zero-order valence-corrected chi connectivity index (χ0v) is 10.5. The van der Waals surface area contributed by atoms with Crippen molar-refractivity contribution < 1.29 is 26.6 Å². The fourth-order valence-corrected chi connectivity index (χ4v) is 2.71. The van der Waals surface area contributed by atoms with Gasteiger partial charge >= 0.3 is 10.2 Å². The molecule has 1 saturated heterocycles. The summed E-state index contributed by atoms with van der Waals surface area (Å²) in [7, 11) is -4.80. The number of anilines is 1. The van der Waals surface area contributed by atoms with Crippen molar-refractivity contribution in [2.24, 2.45) is 0 Å². The molecule has 1 aromatic rings. The maximum atomic E-state index is 13.0. The van der Waals surface area contributed by atoms with E-state index in [0.29, 0.717) is 0 Å². The van der Waals surface area contributed by atoms with E-state index < -0.39 is 40.2 Å². The van der Waals surface area contributed by atoms with Gasteiger partial charge < -0.3 is 10.0 Å². The van der Waals surface area contributed by atoms with Gasteiger partial charge in [-0.05, 0) is 18.2 Å². The van der Waals surface area contributed by atoms with Gasteiger partial charge in [0, 0.05) is 24.2 Å². The monoisotopic (exact) mass is 291 g/mol. The summed E-state index contributed by atoms with van der Waals surface area (Å²) in [6.07, 6.45) is -0.457. The highest BCUT2D eigenvalue weighted by atomic mass is 32.3. The van der Waals surface area contributed by atoms with Gasteiger partial charge in [-0.3, -0.25) is 4.79 Å². The van der Waals surface area contributed by atoms with Crippen LogP contribution in [-0.2, 0) is 21.6 Å². The van der Waals surface area contributed by atoms with E-state index in [1.54, 1.807) is 0 Å². The number of aliphatic hydroxyl groups is 1. The van der Waals surface area contributed by atoms with E-state index in [4.69, 9.17) is 5.11 Å². The smallest absolute Gasteiger partial charge is 0.307 e. The van der Waals surface area contributed by atoms with Gasteiger partial charge in [-0.25, -0.2) is 4.39 Å². The standard InChI is InChI=1S/C11H11F2NO4S/c12-8-1-2-10(7(3-8)6-15)14-5-9(4-11(14)16)19(13,17)18/h1-3,9,15H,4-6H2. The van der Waals surface area contributed by atoms with Gasteiger partial charge in [0.2, 0.25) is 5.91 Å². The second kappa shape index (κ2) is 4.86. The van der Waals surface area contributed by atoms with Crippen molar-refractivity contribution in [1.82, 2.24) is 0 Å². The number of amides is 1. The summed E-state index contributed by atoms with van der Waals surface area (Å²) >= 11 is 0. The van der Waals surface area contributed by atoms with Crippen molar-refractivity contribution in [3.8, 4) is 0 Å². The normalized spacial score (nSPS) is 20.1. The predicted octanol–water partition coefficient (Wildman–Crippen LogP) is 0.723. The van der Waals surface area contributed by atoms with E-state index >= 15 is 0 Å². The maximum Gasteiger partial charge on any atom is 0.307 e. The molecule has 1 fully saturated rings. The highest BCUT2D eigenvalue weighted by molar-refractivity contribution is 7.87. The minimum absolute atomic E-state index is 0.144. The minimum Gasteiger partial charge on any atom is -0.392 e. The molecule has 0 aliphatic carbocycles. The van der Waals surface area contributed by atoms with Crippen LogP contribution in [0.1, 0.15) is 12.0 Å². The fraction of sp³-hybridized carbons (Fsp3) is 0.364. The average Bonchev–Trinajstić information content (AvgIpc) is 2.71. The van der Waals surface area contributed by atoms with Gasteiger partial charge in [-0.15, -0.1) is 3.89 Å². The zero-order valence-electron chi connectivity index (χ0n) is 9.71. The van der Waals surface area contributed by atoms with E-state index in [1.165, 1.54) is 6.07 Å². The molecule has 0 aromatic heterocycles. The Hall–Kier alpha value is -1.54. The molecule has 0 spiro atoms. The number of halogens is 2. The van der Waals surface area contributed by atoms with Gasteiger partial charge in [-0.1, -0.05) is 0 Å². The Morgan fingerprint density at radius 2 is 2.11 bits per heavy atom. The van der Waals surface area contributed by atoms with Crippen molar-refractivity contribution >= 4 is 21.8 Å². The van der Waals surface area contributed by atoms with Crippen LogP contribution < -0.4 is 4.90 Å². The number of rotatable bonds is 3. The van der Waals surface area contributed by atoms with Crippen LogP contribution in [0, 0.1) is 5.82 Å². The summed E-state index contributed by atoms with van der Waals surface area (Å²) in [4.78, 5) is 12.8. The first-order chi connectivity index (χ1) is 8.82. The van der Waals surface area contributed by atoms with Gasteiger partial charge in [0.15, 0.2) is 0 Å². The lowest BCUT2D eigenvalue weighted by Gasteiger charge is -2.19. The third-order valence-electron chi connectivity index (χ3n) is 2.99. The number of nitrogens with zero attached hydrogens (tertiary/aromatic N) is 1. The molecule has 2 rings (SSSR count). The molecule has 0 bridgehead atoms. The molecule has 8 heteroatoms. The molecule has 0 saturated carbocycles. The van der Waals surface area contributed by atoms with Gasteiger partial charge in [0.25, 0.3) is 0 Å². The molecule has 1 atom stereocenters. The Morgan fingerprint density at radius 3 is 2.63 bits per heavy atom. The van der Waals surface area contributed by atoms with Crippen LogP contribution in [0.2, 0.25) is 0 Å². The van der Waals surface area contributed by atoms with Crippen LogP contribution in [0.3, 0.4) is 0 Å². The summed E-state index contributed by atoms with van der Waals surface area (Å²) < 4.78 is 47.5. The predicted molar refractivity (Wildman–Crippen MR) is 63.1 cm³/mol. The fourth-order valence-electron chi connectivity index (χ4n) is 2.04. The lowest BCUT2D eigenvalue weighted by Crippen LogP contribution is -2.27. The second-order valence-corrected chi connectivity index (χ2v) is 5.85. The van der Waals surface area contributed by atoms with Crippen LogP contribution in [-0.4, -0.2) is 31.2 Å². The molecule has 1 N–H and O–H groups in total. The zero-order chi connectivity index (χ0) is 14.2. The number of carbonyl (C=O) groups is 1. The average molecular weight is 291 g/mol. The third kappa shape index (κ3) is 2.74. The highest BCUT2D eigenvalue weighted by Crippen LogP contribution is 2.29. The van der Waals surface area contributed by atoms with Crippen molar-refractivity contribution in [2.75, 3.05) is 11.4 Å². The van der Waals surface area contributed by atoms with Crippen molar-refractivity contribution in [3.63, 3.8) is 0 Å². The molecule has 1 heterocycles. The molecule has 19 heavy (non-hydrogen) atoms. The largest absolute Gasteiger partial charge is 0.392 e. The van der Waals surface area contributed by atoms with Gasteiger partial charge in [0.05, 0.1) is 6.61 Å². The Balaban J connectivity index is 2.36. The lowest BCUT2D eigenvalue weighted by molar-refractivity contribution is -0.117. The minimum atomic E-state index is -4.80. The van der Waals surface area contributed by atoms with E-state index in [1.807, 2.05) is 0 Å². The van der Waals surface area contributed by atoms with E-state index in [0.717, 1.165) is 17.0 Å². The van der Waals surface area contributed by atoms with E-state index in [-0.39, 0.29) is 17.8 Å². The third-order valence-corrected chi connectivity index (χ3v) is 4.10. The van der Waals surface area contributed by atoms with Crippen LogP contribution in [0.4, 0.5) is 14.0 Å². The second-order valence-electron chi connectivity index (χ2n) is 4.24. The first-order valence-corrected chi connectivity index (χ1v) is 6.90. The van der Waals surface area contributed by atoms with Crippen molar-refractivity contribution in [2.45, 2.75) is 18.3 Å². The summed E-state index contributed by atoms with van der Waals surface area (Å²) in [5.41, 5.74) is 0.338. The molecule has 1 aliphatic rings.